The molecule has 0 fully saturated rings. The quantitative estimate of drug-likeness (QED) is 0.745. The molecule has 0 aromatic heterocycles. The summed E-state index contributed by atoms with van der Waals surface area (Å²) in [6.45, 7) is 1.90. The summed E-state index contributed by atoms with van der Waals surface area (Å²) in [7, 11) is 0. The molecule has 1 aliphatic rings. The van der Waals surface area contributed by atoms with Gasteiger partial charge < -0.3 is 14.2 Å². The Bertz CT molecular complexity index is 405. The number of carbonyl (C=O) groups excluding carboxylic acids is 1. The van der Waals surface area contributed by atoms with Gasteiger partial charge in [0, 0.05) is 18.0 Å². The number of rotatable bonds is 2. The van der Waals surface area contributed by atoms with Crippen LogP contribution in [0.1, 0.15) is 6.92 Å². The predicted octanol–water partition coefficient (Wildman–Crippen LogP) is 2.04. The summed E-state index contributed by atoms with van der Waals surface area (Å²) in [5, 5.41) is 0.579. The molecule has 16 heavy (non-hydrogen) atoms. The zero-order chi connectivity index (χ0) is 11.5. The van der Waals surface area contributed by atoms with Crippen LogP contribution in [0.5, 0.6) is 11.5 Å². The average Bonchev–Trinajstić information content (AvgIpc) is 2.25. The molecule has 0 amide bonds. The second kappa shape index (κ2) is 4.61. The van der Waals surface area contributed by atoms with Crippen LogP contribution in [0.3, 0.4) is 0 Å². The van der Waals surface area contributed by atoms with Crippen molar-refractivity contribution in [1.82, 2.24) is 0 Å². The summed E-state index contributed by atoms with van der Waals surface area (Å²) in [4.78, 5) is 10.6. The Morgan fingerprint density at radius 2 is 2.38 bits per heavy atom. The first-order valence-electron chi connectivity index (χ1n) is 4.87. The van der Waals surface area contributed by atoms with Crippen molar-refractivity contribution in [2.45, 2.75) is 13.0 Å². The number of hydrogen-bond acceptors (Lipinski definition) is 4. The molecule has 0 spiro atoms. The molecule has 5 heteroatoms. The molecule has 1 aromatic carbocycles. The van der Waals surface area contributed by atoms with Gasteiger partial charge in [0.1, 0.15) is 13.2 Å². The summed E-state index contributed by atoms with van der Waals surface area (Å²) in [5.74, 6) is 0.903. The zero-order valence-electron chi connectivity index (χ0n) is 8.73. The molecule has 0 saturated heterocycles. The fourth-order valence-electron chi connectivity index (χ4n) is 1.38. The lowest BCUT2D eigenvalue weighted by atomic mass is 10.2. The first-order valence-corrected chi connectivity index (χ1v) is 5.25. The smallest absolute Gasteiger partial charge is 0.302 e. The maximum atomic E-state index is 10.6. The molecule has 0 unspecified atom stereocenters. The topological polar surface area (TPSA) is 44.8 Å². The van der Waals surface area contributed by atoms with Crippen LogP contribution >= 0.6 is 11.6 Å². The summed E-state index contributed by atoms with van der Waals surface area (Å²) in [6.07, 6.45) is -0.283. The van der Waals surface area contributed by atoms with E-state index < -0.39 is 0 Å². The van der Waals surface area contributed by atoms with Crippen molar-refractivity contribution in [3.63, 3.8) is 0 Å². The van der Waals surface area contributed by atoms with Crippen molar-refractivity contribution in [2.24, 2.45) is 0 Å². The van der Waals surface area contributed by atoms with Crippen LogP contribution < -0.4 is 9.47 Å². The average molecular weight is 243 g/mol. The molecular weight excluding hydrogens is 232 g/mol. The number of carbonyl (C=O) groups is 1. The molecule has 4 nitrogen and oxygen atoms in total. The lowest BCUT2D eigenvalue weighted by Crippen LogP contribution is -2.33. The second-order valence-corrected chi connectivity index (χ2v) is 3.88. The van der Waals surface area contributed by atoms with Gasteiger partial charge in [-0.2, -0.15) is 0 Å². The van der Waals surface area contributed by atoms with Crippen molar-refractivity contribution in [1.29, 1.82) is 0 Å². The number of benzene rings is 1. The summed E-state index contributed by atoms with van der Waals surface area (Å²) >= 11 is 5.83. The van der Waals surface area contributed by atoms with Crippen LogP contribution in [0.15, 0.2) is 18.2 Å². The number of esters is 1. The summed E-state index contributed by atoms with van der Waals surface area (Å²) < 4.78 is 15.9. The van der Waals surface area contributed by atoms with Gasteiger partial charge in [-0.05, 0) is 12.1 Å². The minimum Gasteiger partial charge on any atom is -0.486 e. The summed E-state index contributed by atoms with van der Waals surface area (Å²) in [6, 6.07) is 5.16. The van der Waals surface area contributed by atoms with Crippen LogP contribution in [0.2, 0.25) is 5.02 Å². The molecule has 1 aromatic rings. The molecule has 0 aliphatic carbocycles. The predicted molar refractivity (Wildman–Crippen MR) is 58.0 cm³/mol. The maximum Gasteiger partial charge on any atom is 0.302 e. The normalized spacial score (nSPS) is 18.0. The lowest BCUT2D eigenvalue weighted by Gasteiger charge is -2.26. The van der Waals surface area contributed by atoms with Crippen LogP contribution in [0, 0.1) is 0 Å². The van der Waals surface area contributed by atoms with Crippen molar-refractivity contribution in [3.8, 4) is 11.5 Å². The van der Waals surface area contributed by atoms with Crippen molar-refractivity contribution in [2.75, 3.05) is 13.2 Å². The van der Waals surface area contributed by atoms with E-state index in [2.05, 4.69) is 0 Å². The Morgan fingerprint density at radius 1 is 1.56 bits per heavy atom. The Balaban J connectivity index is 2.02. The first-order chi connectivity index (χ1) is 7.65. The van der Waals surface area contributed by atoms with E-state index in [1.165, 1.54) is 6.92 Å². The molecule has 1 atom stereocenters. The van der Waals surface area contributed by atoms with Gasteiger partial charge in [-0.25, -0.2) is 0 Å². The molecule has 1 heterocycles. The Morgan fingerprint density at radius 3 is 3.12 bits per heavy atom. The van der Waals surface area contributed by atoms with Crippen LogP contribution in [0.25, 0.3) is 0 Å². The fourth-order valence-corrected chi connectivity index (χ4v) is 1.54. The van der Waals surface area contributed by atoms with E-state index in [0.29, 0.717) is 23.1 Å². The standard InChI is InChI=1S/C11H11ClO4/c1-7(13)14-5-9-6-15-10-3-2-8(12)4-11(10)16-9/h2-4,9H,5-6H2,1H3/t9-/m0/s1. The highest BCUT2D eigenvalue weighted by Crippen LogP contribution is 2.33. The minimum atomic E-state index is -0.333. The van der Waals surface area contributed by atoms with E-state index >= 15 is 0 Å². The lowest BCUT2D eigenvalue weighted by molar-refractivity contribution is -0.144. The largest absolute Gasteiger partial charge is 0.486 e. The third kappa shape index (κ3) is 2.58. The van der Waals surface area contributed by atoms with Gasteiger partial charge >= 0.3 is 5.97 Å². The van der Waals surface area contributed by atoms with Crippen molar-refractivity contribution >= 4 is 17.6 Å². The first kappa shape index (κ1) is 11.1. The molecule has 86 valence electrons. The van der Waals surface area contributed by atoms with E-state index in [0.717, 1.165) is 0 Å². The highest BCUT2D eigenvalue weighted by molar-refractivity contribution is 6.30. The molecule has 0 N–H and O–H groups in total. The van der Waals surface area contributed by atoms with Crippen LogP contribution in [-0.4, -0.2) is 25.3 Å². The highest BCUT2D eigenvalue weighted by atomic mass is 35.5. The van der Waals surface area contributed by atoms with Crippen molar-refractivity contribution in [3.05, 3.63) is 23.2 Å². The maximum absolute atomic E-state index is 10.6. The number of ether oxygens (including phenoxy) is 3. The third-order valence-electron chi connectivity index (χ3n) is 2.10. The Hall–Kier alpha value is -1.42. The number of halogens is 1. The zero-order valence-corrected chi connectivity index (χ0v) is 9.49. The minimum absolute atomic E-state index is 0.182. The Labute approximate surface area is 98.1 Å². The number of fused-ring (bicyclic) bond motifs is 1. The van der Waals surface area contributed by atoms with Gasteiger partial charge in [-0.3, -0.25) is 4.79 Å². The van der Waals surface area contributed by atoms with Gasteiger partial charge in [-0.15, -0.1) is 0 Å². The van der Waals surface area contributed by atoms with Gasteiger partial charge in [0.2, 0.25) is 0 Å². The van der Waals surface area contributed by atoms with Gasteiger partial charge in [-0.1, -0.05) is 11.6 Å². The third-order valence-corrected chi connectivity index (χ3v) is 2.33. The molecule has 0 radical (unpaired) electrons. The van der Waals surface area contributed by atoms with Gasteiger partial charge in [0.25, 0.3) is 0 Å². The molecule has 1 aliphatic heterocycles. The molecule has 0 bridgehead atoms. The molecule has 0 saturated carbocycles. The van der Waals surface area contributed by atoms with E-state index in [1.54, 1.807) is 18.2 Å². The van der Waals surface area contributed by atoms with Crippen molar-refractivity contribution < 1.29 is 19.0 Å². The second-order valence-electron chi connectivity index (χ2n) is 3.44. The molecule has 2 rings (SSSR count). The molecular formula is C11H11ClO4. The van der Waals surface area contributed by atoms with E-state index in [9.17, 15) is 4.79 Å². The Kier molecular flexibility index (Phi) is 3.19. The van der Waals surface area contributed by atoms with E-state index in [4.69, 9.17) is 25.8 Å². The van der Waals surface area contributed by atoms with E-state index in [1.807, 2.05) is 0 Å². The van der Waals surface area contributed by atoms with Crippen LogP contribution in [0.4, 0.5) is 0 Å². The number of hydrogen-bond donors (Lipinski definition) is 0. The van der Waals surface area contributed by atoms with Gasteiger partial charge in [0.05, 0.1) is 0 Å². The monoisotopic (exact) mass is 242 g/mol. The van der Waals surface area contributed by atoms with Gasteiger partial charge in [0.15, 0.2) is 17.6 Å². The SMILES string of the molecule is CC(=O)OC[C@H]1COc2ccc(Cl)cc2O1. The highest BCUT2D eigenvalue weighted by Gasteiger charge is 2.22. The van der Waals surface area contributed by atoms with E-state index in [-0.39, 0.29) is 18.7 Å². The van der Waals surface area contributed by atoms with Crippen LogP contribution in [-0.2, 0) is 9.53 Å². The fraction of sp³-hybridized carbons (Fsp3) is 0.364. The summed E-state index contributed by atoms with van der Waals surface area (Å²) in [5.41, 5.74) is 0.